The van der Waals surface area contributed by atoms with E-state index < -0.39 is 29.6 Å². The van der Waals surface area contributed by atoms with Crippen LogP contribution in [-0.2, 0) is 19.1 Å². The summed E-state index contributed by atoms with van der Waals surface area (Å²) < 4.78 is 62.9. The summed E-state index contributed by atoms with van der Waals surface area (Å²) in [6.07, 6.45) is 1.10. The van der Waals surface area contributed by atoms with Crippen LogP contribution in [0.5, 0.6) is 5.88 Å². The van der Waals surface area contributed by atoms with E-state index in [9.17, 15) is 27.2 Å². The summed E-state index contributed by atoms with van der Waals surface area (Å²) in [4.78, 5) is 53.3. The van der Waals surface area contributed by atoms with Crippen molar-refractivity contribution in [2.75, 3.05) is 30.4 Å². The molecule has 0 saturated heterocycles. The number of aromatic nitrogens is 7. The van der Waals surface area contributed by atoms with Gasteiger partial charge in [0.25, 0.3) is 0 Å². The monoisotopic (exact) mass is 850 g/mol. The summed E-state index contributed by atoms with van der Waals surface area (Å²) in [6, 6.07) is 16.4. The second-order valence-corrected chi connectivity index (χ2v) is 14.9. The van der Waals surface area contributed by atoms with E-state index in [0.29, 0.717) is 28.1 Å². The van der Waals surface area contributed by atoms with Gasteiger partial charge in [-0.1, -0.05) is 48.5 Å². The van der Waals surface area contributed by atoms with E-state index in [4.69, 9.17) is 20.9 Å². The zero-order valence-electron chi connectivity index (χ0n) is 33.9. The smallest absolute Gasteiger partial charge is 0.434 e. The van der Waals surface area contributed by atoms with E-state index in [1.54, 1.807) is 61.2 Å². The van der Waals surface area contributed by atoms with Crippen LogP contribution in [0.15, 0.2) is 85.6 Å². The molecule has 3 amide bonds. The third-order valence-corrected chi connectivity index (χ3v) is 10.1. The molecule has 7 rings (SSSR count). The molecule has 5 N–H and O–H groups in total. The minimum atomic E-state index is -4.61. The molecule has 15 nitrogen and oxygen atoms in total. The first-order chi connectivity index (χ1) is 29.7. The third-order valence-electron chi connectivity index (χ3n) is 10.1. The van der Waals surface area contributed by atoms with Crippen LogP contribution in [0, 0.1) is 11.2 Å². The van der Waals surface area contributed by atoms with Crippen molar-refractivity contribution in [2.45, 2.75) is 57.8 Å². The lowest BCUT2D eigenvalue weighted by Gasteiger charge is -2.23. The van der Waals surface area contributed by atoms with Crippen LogP contribution >= 0.6 is 0 Å². The molecule has 3 aromatic carbocycles. The Balaban J connectivity index is 1.10. The van der Waals surface area contributed by atoms with E-state index in [2.05, 4.69) is 35.6 Å². The van der Waals surface area contributed by atoms with Crippen molar-refractivity contribution in [3.05, 3.63) is 125 Å². The Morgan fingerprint density at radius 1 is 0.968 bits per heavy atom. The number of nitrogens with two attached hydrogens (primary N) is 1. The first-order valence-corrected chi connectivity index (χ1v) is 19.6. The molecule has 1 aliphatic rings. The molecule has 1 saturated carbocycles. The van der Waals surface area contributed by atoms with Crippen molar-refractivity contribution < 1.29 is 31.9 Å². The molecule has 1 fully saturated rings. The fourth-order valence-corrected chi connectivity index (χ4v) is 6.85. The van der Waals surface area contributed by atoms with Crippen LogP contribution in [0.2, 0.25) is 0 Å². The number of hydrogen-bond donors (Lipinski definition) is 4. The minimum Gasteiger partial charge on any atom is -0.480 e. The van der Waals surface area contributed by atoms with E-state index in [1.807, 2.05) is 0 Å². The van der Waals surface area contributed by atoms with Crippen LogP contribution in [0.25, 0.3) is 22.8 Å². The Bertz CT molecular complexity index is 2610. The van der Waals surface area contributed by atoms with Crippen molar-refractivity contribution >= 4 is 29.3 Å². The zero-order chi connectivity index (χ0) is 44.1. The zero-order valence-corrected chi connectivity index (χ0v) is 33.9. The second-order valence-electron chi connectivity index (χ2n) is 14.9. The van der Waals surface area contributed by atoms with Crippen LogP contribution in [-0.4, -0.2) is 72.3 Å². The maximum absolute atomic E-state index is 15.0. The summed E-state index contributed by atoms with van der Waals surface area (Å²) in [6.45, 7) is 3.91. The average Bonchev–Trinajstić information content (AvgIpc) is 4.00. The fraction of sp³-hybridized carbons (Fsp3) is 0.279. The molecule has 62 heavy (non-hydrogen) atoms. The lowest BCUT2D eigenvalue weighted by atomic mass is 9.97. The molecule has 6 aromatic rings. The number of alkyl halides is 3. The number of ether oxygens (including phenoxy) is 1. The topological polar surface area (TPSA) is 203 Å². The number of rotatable bonds is 16. The van der Waals surface area contributed by atoms with Crippen molar-refractivity contribution in [2.24, 2.45) is 5.73 Å². The standard InChI is InChI=1S/C43H42F4N12O3/c1-24(2)59-21-34(43(45,46)47)56-39(59)28-11-8-25(9-12-28)20-58(41-54-23-52-38(57-41)35-36(27-13-14-27)51-22-53-40(35)62-3)17-16-50-42(61)55-33-19-26(10-15-31(33)44)18-32(48)29-6-4-5-7-30(29)37(49)60/h4-12,15,19,21-24,27,48H,13-14,16-18,20H2,1-3H3,(H2,49,60)(H2,50,55,61). The summed E-state index contributed by atoms with van der Waals surface area (Å²) in [5.41, 5.74) is 8.02. The number of amides is 3. The molecule has 0 spiro atoms. The van der Waals surface area contributed by atoms with Gasteiger partial charge in [-0.05, 0) is 56.0 Å². The molecule has 0 unspecified atom stereocenters. The second kappa shape index (κ2) is 18.1. The molecule has 3 heterocycles. The molecule has 320 valence electrons. The SMILES string of the molecule is COc1ncnc(C2CC2)c1-c1ncnc(N(CCNC(=O)Nc2cc(CC(=N)c3ccccc3C(N)=O)ccc2F)Cc2ccc(-c3nc(C(F)(F)F)cn3C(C)C)cc2)n1. The van der Waals surface area contributed by atoms with Gasteiger partial charge in [0, 0.05) is 66.6 Å². The molecule has 0 aliphatic heterocycles. The number of anilines is 2. The summed E-state index contributed by atoms with van der Waals surface area (Å²) in [7, 11) is 1.49. The van der Waals surface area contributed by atoms with E-state index in [1.165, 1.54) is 48.6 Å². The summed E-state index contributed by atoms with van der Waals surface area (Å²) in [5.74, 6) is -0.187. The number of urea groups is 1. The van der Waals surface area contributed by atoms with Gasteiger partial charge in [-0.25, -0.2) is 34.1 Å². The number of carbonyl (C=O) groups excluding carboxylic acids is 2. The number of nitrogens with zero attached hydrogens (tertiary/aromatic N) is 8. The van der Waals surface area contributed by atoms with Crippen molar-refractivity contribution in [3.8, 4) is 28.7 Å². The molecule has 1 aliphatic carbocycles. The minimum absolute atomic E-state index is 0.0257. The number of halogens is 4. The van der Waals surface area contributed by atoms with Gasteiger partial charge < -0.3 is 36.0 Å². The normalized spacial score (nSPS) is 12.6. The van der Waals surface area contributed by atoms with Gasteiger partial charge in [0.2, 0.25) is 17.7 Å². The first kappa shape index (κ1) is 42.8. The average molecular weight is 851 g/mol. The quantitative estimate of drug-likeness (QED) is 0.0563. The molecule has 0 atom stereocenters. The predicted octanol–water partition coefficient (Wildman–Crippen LogP) is 7.35. The van der Waals surface area contributed by atoms with Gasteiger partial charge in [-0.2, -0.15) is 18.2 Å². The Labute approximate surface area is 353 Å². The van der Waals surface area contributed by atoms with Crippen molar-refractivity contribution in [1.29, 1.82) is 5.41 Å². The lowest BCUT2D eigenvalue weighted by Crippen LogP contribution is -2.37. The number of carbonyl (C=O) groups is 2. The Kier molecular flexibility index (Phi) is 12.5. The summed E-state index contributed by atoms with van der Waals surface area (Å²) >= 11 is 0. The van der Waals surface area contributed by atoms with Crippen LogP contribution in [0.1, 0.15) is 77.1 Å². The third kappa shape index (κ3) is 9.83. The highest BCUT2D eigenvalue weighted by atomic mass is 19.4. The summed E-state index contributed by atoms with van der Waals surface area (Å²) in [5, 5.41) is 13.9. The Morgan fingerprint density at radius 2 is 1.68 bits per heavy atom. The van der Waals surface area contributed by atoms with Crippen LogP contribution in [0.3, 0.4) is 0 Å². The van der Waals surface area contributed by atoms with Gasteiger partial charge in [-0.15, -0.1) is 0 Å². The van der Waals surface area contributed by atoms with E-state index >= 15 is 0 Å². The largest absolute Gasteiger partial charge is 0.480 e. The highest BCUT2D eigenvalue weighted by molar-refractivity contribution is 6.09. The number of hydrogen-bond acceptors (Lipinski definition) is 11. The predicted molar refractivity (Wildman–Crippen MR) is 222 cm³/mol. The molecule has 19 heteroatoms. The van der Waals surface area contributed by atoms with Crippen molar-refractivity contribution in [1.82, 2.24) is 39.8 Å². The fourth-order valence-electron chi connectivity index (χ4n) is 6.85. The van der Waals surface area contributed by atoms with Gasteiger partial charge in [0.15, 0.2) is 11.5 Å². The number of primary amides is 1. The maximum atomic E-state index is 15.0. The Hall–Kier alpha value is -7.31. The van der Waals surface area contributed by atoms with E-state index in [-0.39, 0.29) is 72.6 Å². The van der Waals surface area contributed by atoms with Gasteiger partial charge in [0.05, 0.1) is 18.5 Å². The highest BCUT2D eigenvalue weighted by Gasteiger charge is 2.35. The number of imidazole rings is 1. The maximum Gasteiger partial charge on any atom is 0.434 e. The number of methoxy groups -OCH3 is 1. The van der Waals surface area contributed by atoms with Crippen LogP contribution < -0.4 is 26.0 Å². The molecule has 0 radical (unpaired) electrons. The number of nitrogens with one attached hydrogen (secondary N) is 3. The van der Waals surface area contributed by atoms with E-state index in [0.717, 1.165) is 30.3 Å². The highest BCUT2D eigenvalue weighted by Crippen LogP contribution is 2.45. The van der Waals surface area contributed by atoms with Crippen molar-refractivity contribution in [3.63, 3.8) is 0 Å². The first-order valence-electron chi connectivity index (χ1n) is 19.6. The number of benzene rings is 3. The lowest BCUT2D eigenvalue weighted by molar-refractivity contribution is -0.140. The Morgan fingerprint density at radius 3 is 2.35 bits per heavy atom. The van der Waals surface area contributed by atoms with Gasteiger partial charge in [0.1, 0.15) is 29.9 Å². The molecular weight excluding hydrogens is 809 g/mol. The molecule has 3 aromatic heterocycles. The van der Waals surface area contributed by atoms with Crippen LogP contribution in [0.4, 0.5) is 34.0 Å². The van der Waals surface area contributed by atoms with Gasteiger partial charge in [-0.3, -0.25) is 4.79 Å². The molecular formula is C43H42F4N12O3. The molecule has 0 bridgehead atoms. The van der Waals surface area contributed by atoms with Gasteiger partial charge >= 0.3 is 12.2 Å².